The minimum Gasteiger partial charge on any atom is -0.481 e. The zero-order chi connectivity index (χ0) is 9.69. The Morgan fingerprint density at radius 1 is 1.54 bits per heavy atom. The summed E-state index contributed by atoms with van der Waals surface area (Å²) in [4.78, 5) is 11.0. The van der Waals surface area contributed by atoms with Crippen molar-refractivity contribution in [3.63, 3.8) is 0 Å². The van der Waals surface area contributed by atoms with E-state index in [-0.39, 0.29) is 12.7 Å². The van der Waals surface area contributed by atoms with Gasteiger partial charge >= 0.3 is 5.97 Å². The van der Waals surface area contributed by atoms with Crippen LogP contribution in [0.15, 0.2) is 0 Å². The van der Waals surface area contributed by atoms with Crippen molar-refractivity contribution in [1.29, 1.82) is 0 Å². The largest absolute Gasteiger partial charge is 0.481 e. The van der Waals surface area contributed by atoms with Crippen LogP contribution in [-0.4, -0.2) is 29.6 Å². The molecule has 0 spiro atoms. The van der Waals surface area contributed by atoms with Gasteiger partial charge in [-0.15, -0.1) is 0 Å². The van der Waals surface area contributed by atoms with Crippen LogP contribution < -0.4 is 0 Å². The van der Waals surface area contributed by atoms with Crippen LogP contribution in [0.4, 0.5) is 0 Å². The van der Waals surface area contributed by atoms with Crippen LogP contribution in [-0.2, 0) is 14.3 Å². The summed E-state index contributed by atoms with van der Waals surface area (Å²) in [5, 5.41) is 9.04. The normalized spacial score (nSPS) is 49.2. The minimum atomic E-state index is -0.865. The van der Waals surface area contributed by atoms with E-state index in [1.165, 1.54) is 0 Å². The fraction of sp³-hybridized carbons (Fsp3) is 0.889. The number of fused-ring (bicyclic) bond motifs is 2. The molecular formula is C9H14O4. The second kappa shape index (κ2) is 2.45. The average Bonchev–Trinajstić information content (AvgIpc) is 2.39. The first-order valence-corrected chi connectivity index (χ1v) is 4.51. The summed E-state index contributed by atoms with van der Waals surface area (Å²) in [6.07, 6.45) is 1.38. The summed E-state index contributed by atoms with van der Waals surface area (Å²) < 4.78 is 11.0. The smallest absolute Gasteiger partial charge is 0.314 e. The molecule has 0 unspecified atom stereocenters. The van der Waals surface area contributed by atoms with E-state index in [1.807, 2.05) is 6.92 Å². The number of hydrogen-bond acceptors (Lipinski definition) is 3. The molecule has 0 aromatic rings. The molecule has 4 nitrogen and oxygen atoms in total. The van der Waals surface area contributed by atoms with Gasteiger partial charge < -0.3 is 14.6 Å². The average molecular weight is 186 g/mol. The van der Waals surface area contributed by atoms with Gasteiger partial charge in [0.25, 0.3) is 0 Å². The highest BCUT2D eigenvalue weighted by Gasteiger charge is 2.55. The van der Waals surface area contributed by atoms with Crippen LogP contribution in [0.5, 0.6) is 0 Å². The highest BCUT2D eigenvalue weighted by atomic mass is 16.7. The van der Waals surface area contributed by atoms with Gasteiger partial charge in [-0.3, -0.25) is 4.79 Å². The van der Waals surface area contributed by atoms with Crippen LogP contribution in [0.3, 0.4) is 0 Å². The molecule has 13 heavy (non-hydrogen) atoms. The molecule has 0 aliphatic carbocycles. The van der Waals surface area contributed by atoms with Crippen molar-refractivity contribution in [2.45, 2.75) is 38.6 Å². The van der Waals surface area contributed by atoms with Crippen molar-refractivity contribution in [3.8, 4) is 0 Å². The fourth-order valence-electron chi connectivity index (χ4n) is 1.96. The van der Waals surface area contributed by atoms with Crippen LogP contribution in [0.2, 0.25) is 0 Å². The second-order valence-corrected chi connectivity index (χ2v) is 4.29. The number of carboxylic acid groups (broad SMARTS) is 1. The van der Waals surface area contributed by atoms with Gasteiger partial charge in [0.2, 0.25) is 0 Å². The van der Waals surface area contributed by atoms with Crippen molar-refractivity contribution >= 4 is 5.97 Å². The monoisotopic (exact) mass is 186 g/mol. The number of carboxylic acids is 1. The zero-order valence-corrected chi connectivity index (χ0v) is 7.87. The second-order valence-electron chi connectivity index (χ2n) is 4.29. The molecular weight excluding hydrogens is 172 g/mol. The number of ether oxygens (including phenoxy) is 2. The lowest BCUT2D eigenvalue weighted by Crippen LogP contribution is -2.51. The maximum atomic E-state index is 11.0. The third kappa shape index (κ3) is 1.16. The lowest BCUT2D eigenvalue weighted by molar-refractivity contribution is -0.286. The molecule has 2 rings (SSSR count). The van der Waals surface area contributed by atoms with Crippen molar-refractivity contribution in [3.05, 3.63) is 0 Å². The van der Waals surface area contributed by atoms with Crippen LogP contribution in [0, 0.1) is 5.41 Å². The summed E-state index contributed by atoms with van der Waals surface area (Å²) >= 11 is 0. The van der Waals surface area contributed by atoms with E-state index in [0.717, 1.165) is 12.8 Å². The summed E-state index contributed by atoms with van der Waals surface area (Å²) in [6.45, 7) is 3.81. The first-order valence-electron chi connectivity index (χ1n) is 4.51. The van der Waals surface area contributed by atoms with E-state index in [1.54, 1.807) is 6.92 Å². The Morgan fingerprint density at radius 3 is 2.85 bits per heavy atom. The minimum absolute atomic E-state index is 0.191. The van der Waals surface area contributed by atoms with E-state index < -0.39 is 17.2 Å². The zero-order valence-electron chi connectivity index (χ0n) is 7.87. The molecule has 74 valence electrons. The van der Waals surface area contributed by atoms with Crippen molar-refractivity contribution < 1.29 is 19.4 Å². The van der Waals surface area contributed by atoms with Gasteiger partial charge in [0.05, 0.1) is 12.7 Å². The fourth-order valence-corrected chi connectivity index (χ4v) is 1.96. The highest BCUT2D eigenvalue weighted by molar-refractivity contribution is 5.75. The molecule has 2 aliphatic rings. The first kappa shape index (κ1) is 8.97. The molecule has 0 aromatic carbocycles. The molecule has 2 aliphatic heterocycles. The van der Waals surface area contributed by atoms with Crippen LogP contribution in [0.25, 0.3) is 0 Å². The van der Waals surface area contributed by atoms with Gasteiger partial charge in [-0.05, 0) is 20.3 Å². The van der Waals surface area contributed by atoms with Gasteiger partial charge in [0.15, 0.2) is 5.79 Å². The third-order valence-corrected chi connectivity index (χ3v) is 3.13. The third-order valence-electron chi connectivity index (χ3n) is 3.13. The SMILES string of the molecule is C[C@]12CC[C@H](O1)[C@](C)(C(=O)O)CO2. The van der Waals surface area contributed by atoms with Crippen molar-refractivity contribution in [1.82, 2.24) is 0 Å². The Labute approximate surface area is 76.8 Å². The van der Waals surface area contributed by atoms with E-state index >= 15 is 0 Å². The quantitative estimate of drug-likeness (QED) is 0.663. The van der Waals surface area contributed by atoms with E-state index in [9.17, 15) is 4.79 Å². The molecule has 3 atom stereocenters. The molecule has 4 heteroatoms. The van der Waals surface area contributed by atoms with Crippen LogP contribution in [0.1, 0.15) is 26.7 Å². The molecule has 0 amide bonds. The van der Waals surface area contributed by atoms with Gasteiger partial charge in [-0.25, -0.2) is 0 Å². The van der Waals surface area contributed by atoms with E-state index in [2.05, 4.69) is 0 Å². The molecule has 2 fully saturated rings. The Morgan fingerprint density at radius 2 is 2.23 bits per heavy atom. The number of hydrogen-bond donors (Lipinski definition) is 1. The maximum absolute atomic E-state index is 11.0. The Bertz CT molecular complexity index is 252. The molecule has 2 bridgehead atoms. The lowest BCUT2D eigenvalue weighted by atomic mass is 9.84. The molecule has 2 heterocycles. The maximum Gasteiger partial charge on any atom is 0.314 e. The van der Waals surface area contributed by atoms with Crippen molar-refractivity contribution in [2.24, 2.45) is 5.41 Å². The molecule has 1 N–H and O–H groups in total. The standard InChI is InChI=1S/C9H14O4/c1-8(7(10)11)5-12-9(2)4-3-6(8)13-9/h6H,3-5H2,1-2H3,(H,10,11)/t6-,8+,9+/m0/s1. The molecule has 0 radical (unpaired) electrons. The molecule has 0 saturated carbocycles. The summed E-state index contributed by atoms with van der Waals surface area (Å²) in [7, 11) is 0. The van der Waals surface area contributed by atoms with Gasteiger partial charge in [0.1, 0.15) is 5.41 Å². The van der Waals surface area contributed by atoms with Crippen molar-refractivity contribution in [2.75, 3.05) is 6.61 Å². The van der Waals surface area contributed by atoms with E-state index in [4.69, 9.17) is 14.6 Å². The van der Waals surface area contributed by atoms with Gasteiger partial charge in [0, 0.05) is 6.42 Å². The molecule has 0 aromatic heterocycles. The Hall–Kier alpha value is -0.610. The number of carbonyl (C=O) groups is 1. The van der Waals surface area contributed by atoms with Gasteiger partial charge in [-0.2, -0.15) is 0 Å². The first-order chi connectivity index (χ1) is 5.96. The van der Waals surface area contributed by atoms with E-state index in [0.29, 0.717) is 0 Å². The van der Waals surface area contributed by atoms with Crippen LogP contribution >= 0.6 is 0 Å². The number of rotatable bonds is 1. The number of aliphatic carboxylic acids is 1. The molecule has 2 saturated heterocycles. The Balaban J connectivity index is 2.24. The lowest BCUT2D eigenvalue weighted by Gasteiger charge is -2.39. The topological polar surface area (TPSA) is 55.8 Å². The summed E-state index contributed by atoms with van der Waals surface area (Å²) in [5.41, 5.74) is -0.865. The predicted molar refractivity (Wildman–Crippen MR) is 44.2 cm³/mol. The predicted octanol–water partition coefficient (Wildman–Crippen LogP) is 1.00. The summed E-state index contributed by atoms with van der Waals surface area (Å²) in [5.74, 6) is -1.36. The van der Waals surface area contributed by atoms with Gasteiger partial charge in [-0.1, -0.05) is 0 Å². The summed E-state index contributed by atoms with van der Waals surface area (Å²) in [6, 6.07) is 0. The Kier molecular flexibility index (Phi) is 1.69. The highest BCUT2D eigenvalue weighted by Crippen LogP contribution is 2.45.